The first kappa shape index (κ1) is 25.3. The van der Waals surface area contributed by atoms with E-state index in [1.54, 1.807) is 11.1 Å². The molecule has 1 aliphatic rings. The summed E-state index contributed by atoms with van der Waals surface area (Å²) in [5, 5.41) is 11.9. The largest absolute Gasteiger partial charge is 0.488 e. The van der Waals surface area contributed by atoms with Crippen molar-refractivity contribution >= 4 is 12.0 Å². The first-order valence-electron chi connectivity index (χ1n) is 12.3. The van der Waals surface area contributed by atoms with Crippen molar-refractivity contribution in [1.82, 2.24) is 15.2 Å². The summed E-state index contributed by atoms with van der Waals surface area (Å²) in [6.45, 7) is 6.43. The number of oxazole rings is 1. The fraction of sp³-hybridized carbons (Fsp3) is 0.393. The lowest BCUT2D eigenvalue weighted by Crippen LogP contribution is -2.51. The van der Waals surface area contributed by atoms with Gasteiger partial charge in [-0.05, 0) is 57.7 Å². The highest BCUT2D eigenvalue weighted by atomic mass is 16.5. The van der Waals surface area contributed by atoms with Gasteiger partial charge in [0.15, 0.2) is 5.76 Å². The molecule has 36 heavy (non-hydrogen) atoms. The van der Waals surface area contributed by atoms with Crippen LogP contribution in [0.3, 0.4) is 0 Å². The van der Waals surface area contributed by atoms with Crippen LogP contribution in [0.15, 0.2) is 65.2 Å². The molecule has 0 saturated carbocycles. The van der Waals surface area contributed by atoms with Gasteiger partial charge >= 0.3 is 6.09 Å². The molecule has 2 amide bonds. The van der Waals surface area contributed by atoms with Crippen molar-refractivity contribution in [2.45, 2.75) is 64.1 Å². The van der Waals surface area contributed by atoms with E-state index in [9.17, 15) is 14.7 Å². The Hall–Kier alpha value is -3.81. The normalized spacial score (nSPS) is 16.9. The summed E-state index contributed by atoms with van der Waals surface area (Å²) in [6.07, 6.45) is 3.15. The van der Waals surface area contributed by atoms with Gasteiger partial charge < -0.3 is 24.5 Å². The van der Waals surface area contributed by atoms with Crippen LogP contribution in [0.4, 0.5) is 4.79 Å². The zero-order valence-corrected chi connectivity index (χ0v) is 20.9. The summed E-state index contributed by atoms with van der Waals surface area (Å²) in [5.74, 6) is 1.55. The highest BCUT2D eigenvalue weighted by molar-refractivity contribution is 5.86. The van der Waals surface area contributed by atoms with Crippen molar-refractivity contribution in [3.63, 3.8) is 0 Å². The van der Waals surface area contributed by atoms with Gasteiger partial charge in [0.2, 0.25) is 11.8 Å². The molecule has 8 heteroatoms. The maximum atomic E-state index is 13.7. The number of carbonyl (C=O) groups is 2. The minimum absolute atomic E-state index is 0.227. The summed E-state index contributed by atoms with van der Waals surface area (Å²) in [4.78, 5) is 31.4. The van der Waals surface area contributed by atoms with E-state index in [0.717, 1.165) is 29.7 Å². The molecule has 2 N–H and O–H groups in total. The van der Waals surface area contributed by atoms with E-state index < -0.39 is 12.1 Å². The average molecular weight is 492 g/mol. The number of aromatic nitrogens is 1. The molecule has 4 rings (SSSR count). The number of benzene rings is 2. The standard InChI is InChI=1S/C28H33N3O5/c1-28(2,3)36-21-14-12-19(13-15-21)17-22(30-27(33)34)26(32)31-16-8-7-11-23(31)25-29-18-24(35-25)20-9-5-4-6-10-20/h4-6,9-10,12-15,18,22-23,30H,7-8,11,16-17H2,1-3H3,(H,33,34). The number of nitrogens with zero attached hydrogens (tertiary/aromatic N) is 2. The smallest absolute Gasteiger partial charge is 0.405 e. The van der Waals surface area contributed by atoms with Gasteiger partial charge in [-0.2, -0.15) is 0 Å². The van der Waals surface area contributed by atoms with Crippen LogP contribution in [0.1, 0.15) is 57.5 Å². The van der Waals surface area contributed by atoms with Gasteiger partial charge in [0, 0.05) is 18.5 Å². The number of piperidine rings is 1. The molecule has 2 aromatic carbocycles. The molecule has 0 radical (unpaired) electrons. The average Bonchev–Trinajstić information content (AvgIpc) is 3.34. The monoisotopic (exact) mass is 491 g/mol. The Balaban J connectivity index is 1.53. The van der Waals surface area contributed by atoms with Crippen molar-refractivity contribution in [2.24, 2.45) is 0 Å². The van der Waals surface area contributed by atoms with Crippen molar-refractivity contribution in [1.29, 1.82) is 0 Å². The van der Waals surface area contributed by atoms with Gasteiger partial charge in [0.25, 0.3) is 0 Å². The lowest BCUT2D eigenvalue weighted by molar-refractivity contribution is -0.137. The van der Waals surface area contributed by atoms with E-state index in [2.05, 4.69) is 10.3 Å². The zero-order valence-electron chi connectivity index (χ0n) is 20.9. The van der Waals surface area contributed by atoms with E-state index in [0.29, 0.717) is 24.6 Å². The highest BCUT2D eigenvalue weighted by Gasteiger charge is 2.35. The number of rotatable bonds is 7. The second kappa shape index (κ2) is 10.8. The van der Waals surface area contributed by atoms with Crippen molar-refractivity contribution in [3.8, 4) is 17.1 Å². The summed E-state index contributed by atoms with van der Waals surface area (Å²) < 4.78 is 11.9. The summed E-state index contributed by atoms with van der Waals surface area (Å²) >= 11 is 0. The number of hydrogen-bond acceptors (Lipinski definition) is 5. The predicted molar refractivity (Wildman–Crippen MR) is 136 cm³/mol. The molecule has 0 spiro atoms. The molecule has 1 aromatic heterocycles. The van der Waals surface area contributed by atoms with Gasteiger partial charge in [-0.25, -0.2) is 9.78 Å². The van der Waals surface area contributed by atoms with Crippen molar-refractivity contribution in [2.75, 3.05) is 6.54 Å². The Labute approximate surface area is 211 Å². The van der Waals surface area contributed by atoms with Crippen LogP contribution >= 0.6 is 0 Å². The van der Waals surface area contributed by atoms with E-state index in [1.165, 1.54) is 0 Å². The molecule has 3 aromatic rings. The molecule has 0 bridgehead atoms. The molecule has 1 aliphatic heterocycles. The van der Waals surface area contributed by atoms with Gasteiger partial charge in [-0.15, -0.1) is 0 Å². The van der Waals surface area contributed by atoms with Crippen molar-refractivity contribution in [3.05, 3.63) is 72.2 Å². The predicted octanol–water partition coefficient (Wildman–Crippen LogP) is 5.45. The second-order valence-corrected chi connectivity index (χ2v) is 10.0. The second-order valence-electron chi connectivity index (χ2n) is 10.0. The third-order valence-corrected chi connectivity index (χ3v) is 6.04. The van der Waals surface area contributed by atoms with Gasteiger partial charge in [0.05, 0.1) is 6.20 Å². The maximum Gasteiger partial charge on any atom is 0.405 e. The molecular formula is C28H33N3O5. The Morgan fingerprint density at radius 3 is 2.53 bits per heavy atom. The molecule has 2 unspecified atom stereocenters. The molecule has 0 aliphatic carbocycles. The number of carboxylic acid groups (broad SMARTS) is 1. The first-order valence-corrected chi connectivity index (χ1v) is 12.3. The fourth-order valence-electron chi connectivity index (χ4n) is 4.46. The number of carbonyl (C=O) groups excluding carboxylic acids is 1. The lowest BCUT2D eigenvalue weighted by Gasteiger charge is -2.36. The lowest BCUT2D eigenvalue weighted by atomic mass is 9.98. The van der Waals surface area contributed by atoms with Crippen LogP contribution in [-0.4, -0.2) is 45.2 Å². The summed E-state index contributed by atoms with van der Waals surface area (Å²) in [7, 11) is 0. The van der Waals surface area contributed by atoms with Crippen LogP contribution in [-0.2, 0) is 11.2 Å². The topological polar surface area (TPSA) is 105 Å². The molecular weight excluding hydrogens is 458 g/mol. The molecule has 190 valence electrons. The molecule has 8 nitrogen and oxygen atoms in total. The maximum absolute atomic E-state index is 13.7. The minimum Gasteiger partial charge on any atom is -0.488 e. The third-order valence-electron chi connectivity index (χ3n) is 6.04. The van der Waals surface area contributed by atoms with Gasteiger partial charge in [0.1, 0.15) is 23.4 Å². The fourth-order valence-corrected chi connectivity index (χ4v) is 4.46. The number of amides is 2. The third kappa shape index (κ3) is 6.44. The Bertz CT molecular complexity index is 1170. The van der Waals surface area contributed by atoms with E-state index >= 15 is 0 Å². The van der Waals surface area contributed by atoms with E-state index in [-0.39, 0.29) is 24.0 Å². The molecule has 2 heterocycles. The minimum atomic E-state index is -1.24. The summed E-state index contributed by atoms with van der Waals surface area (Å²) in [6, 6.07) is 15.8. The Kier molecular flexibility index (Phi) is 7.62. The zero-order chi connectivity index (χ0) is 25.7. The highest BCUT2D eigenvalue weighted by Crippen LogP contribution is 2.33. The number of ether oxygens (including phenoxy) is 1. The number of likely N-dealkylation sites (tertiary alicyclic amines) is 1. The van der Waals surface area contributed by atoms with Crippen molar-refractivity contribution < 1.29 is 23.8 Å². The quantitative estimate of drug-likeness (QED) is 0.455. The number of hydrogen-bond donors (Lipinski definition) is 2. The van der Waals surface area contributed by atoms with Gasteiger partial charge in [-0.1, -0.05) is 42.5 Å². The van der Waals surface area contributed by atoms with E-state index in [4.69, 9.17) is 9.15 Å². The van der Waals surface area contributed by atoms with Crippen LogP contribution in [0.5, 0.6) is 5.75 Å². The number of nitrogens with one attached hydrogen (secondary N) is 1. The van der Waals surface area contributed by atoms with E-state index in [1.807, 2.05) is 75.4 Å². The Morgan fingerprint density at radius 2 is 1.86 bits per heavy atom. The van der Waals surface area contributed by atoms with Crippen LogP contribution in [0, 0.1) is 0 Å². The molecule has 1 saturated heterocycles. The SMILES string of the molecule is CC(C)(C)Oc1ccc(CC(NC(=O)O)C(=O)N2CCCCC2c2ncc(-c3ccccc3)o2)cc1. The van der Waals surface area contributed by atoms with Crippen LogP contribution in [0.2, 0.25) is 0 Å². The van der Waals surface area contributed by atoms with Crippen LogP contribution in [0.25, 0.3) is 11.3 Å². The molecule has 2 atom stereocenters. The van der Waals surface area contributed by atoms with Crippen LogP contribution < -0.4 is 10.1 Å². The Morgan fingerprint density at radius 1 is 1.14 bits per heavy atom. The molecule has 1 fully saturated rings. The van der Waals surface area contributed by atoms with Gasteiger partial charge in [-0.3, -0.25) is 4.79 Å². The first-order chi connectivity index (χ1) is 17.2. The summed E-state index contributed by atoms with van der Waals surface area (Å²) in [5.41, 5.74) is 1.42.